The molecule has 106 valence electrons. The van der Waals surface area contributed by atoms with Gasteiger partial charge in [-0.15, -0.1) is 0 Å². The topological polar surface area (TPSA) is 61.8 Å². The van der Waals surface area contributed by atoms with Crippen LogP contribution in [-0.4, -0.2) is 22.8 Å². The van der Waals surface area contributed by atoms with Crippen molar-refractivity contribution in [1.82, 2.24) is 9.61 Å². The summed E-state index contributed by atoms with van der Waals surface area (Å²) >= 11 is 0. The Balaban J connectivity index is 1.75. The molecule has 1 aromatic carbocycles. The van der Waals surface area contributed by atoms with Crippen LogP contribution in [0.3, 0.4) is 0 Å². The predicted octanol–water partition coefficient (Wildman–Crippen LogP) is 2.15. The molecule has 0 bridgehead atoms. The maximum Gasteiger partial charge on any atom is 0.161 e. The van der Waals surface area contributed by atoms with Gasteiger partial charge in [-0.2, -0.15) is 5.10 Å². The van der Waals surface area contributed by atoms with Gasteiger partial charge in [0.05, 0.1) is 17.8 Å². The average Bonchev–Trinajstić information content (AvgIpc) is 2.98. The van der Waals surface area contributed by atoms with Gasteiger partial charge in [0.15, 0.2) is 11.5 Å². The van der Waals surface area contributed by atoms with Crippen LogP contribution in [0, 0.1) is 0 Å². The van der Waals surface area contributed by atoms with Gasteiger partial charge < -0.3 is 15.2 Å². The molecule has 0 spiro atoms. The van der Waals surface area contributed by atoms with Crippen molar-refractivity contribution in [2.45, 2.75) is 6.04 Å². The quantitative estimate of drug-likeness (QED) is 0.782. The van der Waals surface area contributed by atoms with Crippen molar-refractivity contribution < 1.29 is 9.47 Å². The van der Waals surface area contributed by atoms with Crippen LogP contribution >= 0.6 is 0 Å². The number of nitrogens with zero attached hydrogens (tertiary/aromatic N) is 2. The Labute approximate surface area is 121 Å². The molecule has 0 saturated carbocycles. The molecule has 0 aliphatic carbocycles. The van der Waals surface area contributed by atoms with Crippen molar-refractivity contribution in [3.05, 3.63) is 59.9 Å². The van der Waals surface area contributed by atoms with Gasteiger partial charge in [-0.05, 0) is 29.8 Å². The lowest BCUT2D eigenvalue weighted by Gasteiger charge is -2.20. The Morgan fingerprint density at radius 3 is 2.86 bits per heavy atom. The number of hydrogen-bond acceptors (Lipinski definition) is 4. The molecule has 4 rings (SSSR count). The van der Waals surface area contributed by atoms with Gasteiger partial charge in [0.1, 0.15) is 13.2 Å². The van der Waals surface area contributed by atoms with Crippen molar-refractivity contribution in [2.24, 2.45) is 5.73 Å². The molecule has 2 aromatic heterocycles. The Hall–Kier alpha value is -2.53. The largest absolute Gasteiger partial charge is 0.486 e. The summed E-state index contributed by atoms with van der Waals surface area (Å²) in [6, 6.07) is 11.5. The molecular weight excluding hydrogens is 266 g/mol. The molecule has 1 atom stereocenters. The van der Waals surface area contributed by atoms with Crippen molar-refractivity contribution in [3.8, 4) is 11.5 Å². The highest BCUT2D eigenvalue weighted by atomic mass is 16.6. The second-order valence-electron chi connectivity index (χ2n) is 5.01. The highest BCUT2D eigenvalue weighted by Gasteiger charge is 2.18. The SMILES string of the molecule is NC(c1ccc2c(c1)OCCO2)c1cnn2ccccc12. The summed E-state index contributed by atoms with van der Waals surface area (Å²) in [6.45, 7) is 1.16. The van der Waals surface area contributed by atoms with Crippen LogP contribution in [-0.2, 0) is 0 Å². The fourth-order valence-electron chi connectivity index (χ4n) is 2.63. The number of hydrogen-bond donors (Lipinski definition) is 1. The molecule has 0 saturated heterocycles. The first-order chi connectivity index (χ1) is 10.3. The fourth-order valence-corrected chi connectivity index (χ4v) is 2.63. The summed E-state index contributed by atoms with van der Waals surface area (Å²) in [7, 11) is 0. The number of nitrogens with two attached hydrogens (primary N) is 1. The first-order valence-electron chi connectivity index (χ1n) is 6.90. The van der Waals surface area contributed by atoms with Crippen molar-refractivity contribution in [3.63, 3.8) is 0 Å². The molecule has 1 aliphatic rings. The molecule has 21 heavy (non-hydrogen) atoms. The second kappa shape index (κ2) is 4.79. The summed E-state index contributed by atoms with van der Waals surface area (Å²) in [5.41, 5.74) is 9.40. The van der Waals surface area contributed by atoms with Gasteiger partial charge in [0.2, 0.25) is 0 Å². The third-order valence-corrected chi connectivity index (χ3v) is 3.72. The van der Waals surface area contributed by atoms with Gasteiger partial charge in [-0.1, -0.05) is 12.1 Å². The van der Waals surface area contributed by atoms with Gasteiger partial charge in [-0.25, -0.2) is 4.52 Å². The van der Waals surface area contributed by atoms with E-state index in [1.807, 2.05) is 53.3 Å². The van der Waals surface area contributed by atoms with E-state index in [-0.39, 0.29) is 6.04 Å². The van der Waals surface area contributed by atoms with E-state index in [2.05, 4.69) is 5.10 Å². The highest BCUT2D eigenvalue weighted by molar-refractivity contribution is 5.58. The highest BCUT2D eigenvalue weighted by Crippen LogP contribution is 2.34. The Kier molecular flexibility index (Phi) is 2.79. The first kappa shape index (κ1) is 12.2. The van der Waals surface area contributed by atoms with Crippen LogP contribution in [0.2, 0.25) is 0 Å². The van der Waals surface area contributed by atoms with E-state index in [0.29, 0.717) is 13.2 Å². The molecule has 5 heteroatoms. The molecule has 0 radical (unpaired) electrons. The minimum absolute atomic E-state index is 0.249. The van der Waals surface area contributed by atoms with E-state index in [9.17, 15) is 0 Å². The third kappa shape index (κ3) is 2.02. The zero-order chi connectivity index (χ0) is 14.2. The second-order valence-corrected chi connectivity index (χ2v) is 5.01. The van der Waals surface area contributed by atoms with Crippen LogP contribution in [0.25, 0.3) is 5.52 Å². The summed E-state index contributed by atoms with van der Waals surface area (Å²) < 4.78 is 13.0. The minimum Gasteiger partial charge on any atom is -0.486 e. The molecule has 0 fully saturated rings. The Morgan fingerprint density at radius 1 is 1.10 bits per heavy atom. The minimum atomic E-state index is -0.249. The Bertz CT molecular complexity index is 797. The third-order valence-electron chi connectivity index (χ3n) is 3.72. The van der Waals surface area contributed by atoms with Crippen LogP contribution < -0.4 is 15.2 Å². The zero-order valence-electron chi connectivity index (χ0n) is 11.4. The smallest absolute Gasteiger partial charge is 0.161 e. The van der Waals surface area contributed by atoms with E-state index >= 15 is 0 Å². The van der Waals surface area contributed by atoms with Crippen LogP contribution in [0.4, 0.5) is 0 Å². The van der Waals surface area contributed by atoms with Crippen molar-refractivity contribution in [2.75, 3.05) is 13.2 Å². The van der Waals surface area contributed by atoms with E-state index in [4.69, 9.17) is 15.2 Å². The number of rotatable bonds is 2. The van der Waals surface area contributed by atoms with E-state index in [1.165, 1.54) is 0 Å². The monoisotopic (exact) mass is 281 g/mol. The molecule has 3 heterocycles. The summed E-state index contributed by atoms with van der Waals surface area (Å²) in [5, 5.41) is 4.33. The molecule has 1 aliphatic heterocycles. The van der Waals surface area contributed by atoms with E-state index < -0.39 is 0 Å². The number of pyridine rings is 1. The van der Waals surface area contributed by atoms with Crippen LogP contribution in [0.15, 0.2) is 48.8 Å². The maximum absolute atomic E-state index is 6.41. The molecule has 5 nitrogen and oxygen atoms in total. The van der Waals surface area contributed by atoms with Gasteiger partial charge in [0.25, 0.3) is 0 Å². The molecule has 0 amide bonds. The normalized spacial score (nSPS) is 15.1. The maximum atomic E-state index is 6.41. The van der Waals surface area contributed by atoms with Crippen molar-refractivity contribution in [1.29, 1.82) is 0 Å². The number of ether oxygens (including phenoxy) is 2. The molecule has 1 unspecified atom stereocenters. The predicted molar refractivity (Wildman–Crippen MR) is 78.7 cm³/mol. The molecule has 2 N–H and O–H groups in total. The zero-order valence-corrected chi connectivity index (χ0v) is 11.4. The van der Waals surface area contributed by atoms with E-state index in [0.717, 1.165) is 28.1 Å². The standard InChI is InChI=1S/C16H15N3O2/c17-16(12-10-18-19-6-2-1-3-13(12)19)11-4-5-14-15(9-11)21-8-7-20-14/h1-6,9-10,16H,7-8,17H2. The summed E-state index contributed by atoms with van der Waals surface area (Å²) in [5.74, 6) is 1.53. The van der Waals surface area contributed by atoms with Gasteiger partial charge in [0, 0.05) is 11.8 Å². The van der Waals surface area contributed by atoms with Crippen LogP contribution in [0.5, 0.6) is 11.5 Å². The van der Waals surface area contributed by atoms with Gasteiger partial charge >= 0.3 is 0 Å². The fraction of sp³-hybridized carbons (Fsp3) is 0.188. The lowest BCUT2D eigenvalue weighted by molar-refractivity contribution is 0.171. The van der Waals surface area contributed by atoms with E-state index in [1.54, 1.807) is 0 Å². The lowest BCUT2D eigenvalue weighted by atomic mass is 10.0. The van der Waals surface area contributed by atoms with Crippen molar-refractivity contribution >= 4 is 5.52 Å². The van der Waals surface area contributed by atoms with Crippen LogP contribution in [0.1, 0.15) is 17.2 Å². The number of benzene rings is 1. The number of aromatic nitrogens is 2. The average molecular weight is 281 g/mol. The van der Waals surface area contributed by atoms with Gasteiger partial charge in [-0.3, -0.25) is 0 Å². The Morgan fingerprint density at radius 2 is 1.95 bits per heavy atom. The number of fused-ring (bicyclic) bond motifs is 2. The first-order valence-corrected chi connectivity index (χ1v) is 6.90. The lowest BCUT2D eigenvalue weighted by Crippen LogP contribution is -2.17. The summed E-state index contributed by atoms with van der Waals surface area (Å²) in [6.07, 6.45) is 3.73. The molecule has 3 aromatic rings. The molecular formula is C16H15N3O2. The summed E-state index contributed by atoms with van der Waals surface area (Å²) in [4.78, 5) is 0.